The molecule has 0 aliphatic heterocycles. The fraction of sp³-hybridized carbons (Fsp3) is 0.0625. The Morgan fingerprint density at radius 3 is 2.89 bits per heavy atom. The average Bonchev–Trinajstić information content (AvgIpc) is 2.78. The smallest absolute Gasteiger partial charge is 0.0638 e. The number of aryl methyl sites for hydroxylation is 1. The molecule has 2 heterocycles. The fourth-order valence-corrected chi connectivity index (χ4v) is 2.60. The van der Waals surface area contributed by atoms with E-state index in [-0.39, 0.29) is 20.1 Å². The van der Waals surface area contributed by atoms with Crippen molar-refractivity contribution < 1.29 is 20.1 Å². The van der Waals surface area contributed by atoms with E-state index >= 15 is 0 Å². The summed E-state index contributed by atoms with van der Waals surface area (Å²) in [5.41, 5.74) is 3.45. The monoisotopic (exact) mass is 424 g/mol. The molecule has 0 amide bonds. The van der Waals surface area contributed by atoms with E-state index in [2.05, 4.69) is 36.3 Å². The molecule has 4 aromatic rings. The molecule has 95 valence electrons. The van der Waals surface area contributed by atoms with Crippen LogP contribution in [-0.2, 0) is 20.1 Å². The summed E-state index contributed by atoms with van der Waals surface area (Å²) < 4.78 is 1.93. The number of nitrogens with zero attached hydrogens (tertiary/aromatic N) is 2. The Balaban J connectivity index is 0.00000110. The van der Waals surface area contributed by atoms with Crippen molar-refractivity contribution in [1.29, 1.82) is 0 Å². The quantitative estimate of drug-likeness (QED) is 0.394. The maximum atomic E-state index is 4.67. The van der Waals surface area contributed by atoms with Gasteiger partial charge in [0.15, 0.2) is 0 Å². The van der Waals surface area contributed by atoms with Crippen LogP contribution in [0.4, 0.5) is 0 Å². The van der Waals surface area contributed by atoms with Crippen LogP contribution >= 0.6 is 0 Å². The van der Waals surface area contributed by atoms with Crippen molar-refractivity contribution in [2.24, 2.45) is 0 Å². The van der Waals surface area contributed by atoms with Gasteiger partial charge in [-0.05, 0) is 24.4 Å². The minimum atomic E-state index is 0. The van der Waals surface area contributed by atoms with Gasteiger partial charge < -0.3 is 0 Å². The van der Waals surface area contributed by atoms with Crippen molar-refractivity contribution in [3.63, 3.8) is 0 Å². The molecule has 0 N–H and O–H groups in total. The molecule has 0 aliphatic rings. The van der Waals surface area contributed by atoms with Crippen molar-refractivity contribution in [2.45, 2.75) is 6.92 Å². The zero-order chi connectivity index (χ0) is 12.1. The van der Waals surface area contributed by atoms with E-state index in [0.29, 0.717) is 0 Å². The van der Waals surface area contributed by atoms with Crippen LogP contribution in [0.2, 0.25) is 0 Å². The predicted octanol–water partition coefficient (Wildman–Crippen LogP) is 3.75. The van der Waals surface area contributed by atoms with Crippen LogP contribution in [0.15, 0.2) is 48.7 Å². The third kappa shape index (κ3) is 1.70. The van der Waals surface area contributed by atoms with Gasteiger partial charge in [0.1, 0.15) is 0 Å². The van der Waals surface area contributed by atoms with Gasteiger partial charge in [-0.15, -0.1) is 35.0 Å². The first-order valence-electron chi connectivity index (χ1n) is 6.02. The fourth-order valence-electron chi connectivity index (χ4n) is 2.60. The van der Waals surface area contributed by atoms with Gasteiger partial charge in [0.05, 0.1) is 5.52 Å². The SMILES string of the molecule is Cc1cc2c(nn3ccccc23)c2[c-]cccc12.[Ir]. The Morgan fingerprint density at radius 2 is 2.00 bits per heavy atom. The zero-order valence-electron chi connectivity index (χ0n) is 10.3. The number of pyridine rings is 1. The molecule has 4 rings (SSSR count). The van der Waals surface area contributed by atoms with Crippen molar-refractivity contribution in [1.82, 2.24) is 9.61 Å². The molecular formula is C16H11IrN2-. The molecule has 2 nitrogen and oxygen atoms in total. The molecule has 0 bridgehead atoms. The maximum absolute atomic E-state index is 4.67. The normalized spacial score (nSPS) is 11.0. The first-order chi connectivity index (χ1) is 8.84. The Kier molecular flexibility index (Phi) is 2.89. The predicted molar refractivity (Wildman–Crippen MR) is 73.8 cm³/mol. The number of rotatable bonds is 0. The Hall–Kier alpha value is -1.70. The van der Waals surface area contributed by atoms with Gasteiger partial charge in [-0.3, -0.25) is 0 Å². The summed E-state index contributed by atoms with van der Waals surface area (Å²) in [5, 5.41) is 8.20. The third-order valence-electron chi connectivity index (χ3n) is 3.46. The topological polar surface area (TPSA) is 17.3 Å². The molecule has 0 atom stereocenters. The minimum absolute atomic E-state index is 0. The number of benzene rings is 2. The Morgan fingerprint density at radius 1 is 1.11 bits per heavy atom. The van der Waals surface area contributed by atoms with Gasteiger partial charge >= 0.3 is 0 Å². The molecule has 19 heavy (non-hydrogen) atoms. The van der Waals surface area contributed by atoms with Gasteiger partial charge in [-0.25, -0.2) is 9.61 Å². The Bertz CT molecular complexity index is 893. The molecule has 0 spiro atoms. The van der Waals surface area contributed by atoms with Crippen LogP contribution in [0.25, 0.3) is 27.2 Å². The summed E-state index contributed by atoms with van der Waals surface area (Å²) in [5.74, 6) is 0. The third-order valence-corrected chi connectivity index (χ3v) is 3.46. The van der Waals surface area contributed by atoms with Gasteiger partial charge in [0.25, 0.3) is 0 Å². The van der Waals surface area contributed by atoms with Gasteiger partial charge in [0.2, 0.25) is 0 Å². The molecule has 0 fully saturated rings. The second-order valence-corrected chi connectivity index (χ2v) is 4.58. The summed E-state index contributed by atoms with van der Waals surface area (Å²) in [6.07, 6.45) is 1.99. The number of hydrogen-bond acceptors (Lipinski definition) is 1. The van der Waals surface area contributed by atoms with Crippen LogP contribution in [0.5, 0.6) is 0 Å². The van der Waals surface area contributed by atoms with Gasteiger partial charge in [0, 0.05) is 31.8 Å². The van der Waals surface area contributed by atoms with E-state index in [0.717, 1.165) is 16.4 Å². The van der Waals surface area contributed by atoms with E-state index in [1.165, 1.54) is 16.3 Å². The molecule has 2 aromatic heterocycles. The molecule has 0 saturated carbocycles. The molecule has 1 radical (unpaired) electrons. The summed E-state index contributed by atoms with van der Waals surface area (Å²) in [4.78, 5) is 0. The number of hydrogen-bond donors (Lipinski definition) is 0. The molecule has 2 aromatic carbocycles. The first kappa shape index (κ1) is 12.3. The van der Waals surface area contributed by atoms with Crippen LogP contribution in [-0.4, -0.2) is 9.61 Å². The van der Waals surface area contributed by atoms with Crippen molar-refractivity contribution >= 4 is 27.2 Å². The van der Waals surface area contributed by atoms with Gasteiger partial charge in [-0.1, -0.05) is 17.7 Å². The molecule has 3 heteroatoms. The summed E-state index contributed by atoms with van der Waals surface area (Å²) in [6.45, 7) is 2.14. The average molecular weight is 423 g/mol. The minimum Gasteiger partial charge on any atom is -0.250 e. The molecule has 0 unspecified atom stereocenters. The van der Waals surface area contributed by atoms with Crippen LogP contribution in [0, 0.1) is 13.0 Å². The second kappa shape index (κ2) is 4.44. The first-order valence-corrected chi connectivity index (χ1v) is 6.02. The summed E-state index contributed by atoms with van der Waals surface area (Å²) in [6, 6.07) is 17.8. The van der Waals surface area contributed by atoms with Crippen molar-refractivity contribution in [2.75, 3.05) is 0 Å². The standard InChI is InChI=1S/C16H11N2.Ir/c1-11-10-14-15-8-4-5-9-18(15)17-16(14)13-7-3-2-6-12(11)13;/h2-6,8-10H,1H3;/q-1;. The number of fused-ring (bicyclic) bond motifs is 5. The molecule has 0 saturated heterocycles. The summed E-state index contributed by atoms with van der Waals surface area (Å²) in [7, 11) is 0. The Labute approximate surface area is 124 Å². The summed E-state index contributed by atoms with van der Waals surface area (Å²) >= 11 is 0. The zero-order valence-corrected chi connectivity index (χ0v) is 12.7. The van der Waals surface area contributed by atoms with Crippen LogP contribution < -0.4 is 0 Å². The molecule has 0 aliphatic carbocycles. The van der Waals surface area contributed by atoms with E-state index in [4.69, 9.17) is 0 Å². The van der Waals surface area contributed by atoms with E-state index in [1.54, 1.807) is 0 Å². The largest absolute Gasteiger partial charge is 0.250 e. The van der Waals surface area contributed by atoms with Crippen LogP contribution in [0.1, 0.15) is 5.56 Å². The van der Waals surface area contributed by atoms with Crippen molar-refractivity contribution in [3.8, 4) is 0 Å². The van der Waals surface area contributed by atoms with E-state index in [1.807, 2.05) is 35.0 Å². The van der Waals surface area contributed by atoms with Gasteiger partial charge in [-0.2, -0.15) is 0 Å². The van der Waals surface area contributed by atoms with Crippen molar-refractivity contribution in [3.05, 3.63) is 60.3 Å². The second-order valence-electron chi connectivity index (χ2n) is 4.58. The molecular weight excluding hydrogens is 412 g/mol. The van der Waals surface area contributed by atoms with Crippen LogP contribution in [0.3, 0.4) is 0 Å². The van der Waals surface area contributed by atoms with E-state index in [9.17, 15) is 0 Å². The maximum Gasteiger partial charge on any atom is 0.0638 e. The number of aromatic nitrogens is 2. The van der Waals surface area contributed by atoms with E-state index < -0.39 is 0 Å².